The summed E-state index contributed by atoms with van der Waals surface area (Å²) in [5.74, 6) is 0.669. The minimum absolute atomic E-state index is 0.00851. The van der Waals surface area contributed by atoms with Crippen molar-refractivity contribution < 1.29 is 23.8 Å². The van der Waals surface area contributed by atoms with Crippen LogP contribution in [0.15, 0.2) is 16.3 Å². The van der Waals surface area contributed by atoms with Crippen LogP contribution in [0, 0.1) is 36.0 Å². The zero-order chi connectivity index (χ0) is 27.0. The van der Waals surface area contributed by atoms with Gasteiger partial charge in [-0.3, -0.25) is 9.59 Å². The first-order chi connectivity index (χ1) is 16.7. The highest BCUT2D eigenvalue weighted by Gasteiger charge is 2.56. The van der Waals surface area contributed by atoms with E-state index in [-0.39, 0.29) is 53.6 Å². The van der Waals surface area contributed by atoms with Gasteiger partial charge < -0.3 is 19.6 Å². The quantitative estimate of drug-likeness (QED) is 0.545. The van der Waals surface area contributed by atoms with Crippen molar-refractivity contribution >= 4 is 17.8 Å². The van der Waals surface area contributed by atoms with Crippen molar-refractivity contribution in [3.05, 3.63) is 23.4 Å². The molecule has 1 aromatic rings. The number of ether oxygens (including phenoxy) is 1. The fourth-order valence-electron chi connectivity index (χ4n) is 5.91. The summed E-state index contributed by atoms with van der Waals surface area (Å²) >= 11 is 0. The number of nitrogens with one attached hydrogen (secondary N) is 1. The molecule has 1 aromatic heterocycles. The average molecular weight is 503 g/mol. The number of carbonyl (C=O) groups is 2. The second-order valence-corrected chi connectivity index (χ2v) is 12.3. The molecular formula is C29H46N2O5. The Morgan fingerprint density at radius 2 is 1.83 bits per heavy atom. The molecule has 2 aliphatic rings. The van der Waals surface area contributed by atoms with Crippen LogP contribution in [0.25, 0.3) is 6.08 Å². The maximum Gasteiger partial charge on any atom is 0.223 e. The average Bonchev–Trinajstić information content (AvgIpc) is 3.31. The Morgan fingerprint density at radius 3 is 2.44 bits per heavy atom. The van der Waals surface area contributed by atoms with Crippen molar-refractivity contribution in [2.24, 2.45) is 29.1 Å². The Labute approximate surface area is 216 Å². The number of aromatic nitrogens is 1. The number of nitrogens with zero attached hydrogens (tertiary/aromatic N) is 1. The number of aliphatic hydroxyl groups is 1. The van der Waals surface area contributed by atoms with Crippen LogP contribution in [0.5, 0.6) is 0 Å². The molecule has 2 aliphatic heterocycles. The summed E-state index contributed by atoms with van der Waals surface area (Å²) in [6, 6.07) is -0.307. The molecule has 0 spiro atoms. The molecule has 2 fully saturated rings. The SMILES string of the molecule is C/C(=C\c1coc(C)n1)[C@H]1NC(=O)C[C@H](O)C(C)(C)C(=O)[C@H](C)[C@@H](C)[C@@H](C)CCC[C@@]2(C)O[C@H]2[C@@H]1C. The molecule has 2 saturated heterocycles. The highest BCUT2D eigenvalue weighted by molar-refractivity contribution is 5.88. The summed E-state index contributed by atoms with van der Waals surface area (Å²) in [6.07, 6.45) is 5.30. The maximum absolute atomic E-state index is 13.4. The molecule has 0 aliphatic carbocycles. The molecule has 7 heteroatoms. The number of hydrogen-bond acceptors (Lipinski definition) is 6. The van der Waals surface area contributed by atoms with Gasteiger partial charge in [0.1, 0.15) is 17.7 Å². The Balaban J connectivity index is 1.91. The van der Waals surface area contributed by atoms with Crippen LogP contribution in [0.3, 0.4) is 0 Å². The van der Waals surface area contributed by atoms with Crippen molar-refractivity contribution in [3.8, 4) is 0 Å². The maximum atomic E-state index is 13.4. The Bertz CT molecular complexity index is 982. The molecular weight excluding hydrogens is 456 g/mol. The highest BCUT2D eigenvalue weighted by atomic mass is 16.6. The Hall–Kier alpha value is -1.99. The Morgan fingerprint density at radius 1 is 1.17 bits per heavy atom. The van der Waals surface area contributed by atoms with Gasteiger partial charge in [0, 0.05) is 18.8 Å². The number of rotatable bonds is 2. The van der Waals surface area contributed by atoms with Crippen LogP contribution >= 0.6 is 0 Å². The molecule has 36 heavy (non-hydrogen) atoms. The summed E-state index contributed by atoms with van der Waals surface area (Å²) < 4.78 is 11.6. The zero-order valence-corrected chi connectivity index (χ0v) is 23.6. The first-order valence-electron chi connectivity index (χ1n) is 13.5. The summed E-state index contributed by atoms with van der Waals surface area (Å²) in [7, 11) is 0. The van der Waals surface area contributed by atoms with E-state index >= 15 is 0 Å². The second kappa shape index (κ2) is 10.8. The van der Waals surface area contributed by atoms with Crippen molar-refractivity contribution in [1.82, 2.24) is 10.3 Å². The summed E-state index contributed by atoms with van der Waals surface area (Å²) in [5.41, 5.74) is 0.381. The van der Waals surface area contributed by atoms with Crippen LogP contribution in [0.1, 0.15) is 92.7 Å². The molecule has 8 atom stereocenters. The lowest BCUT2D eigenvalue weighted by molar-refractivity contribution is -0.141. The molecule has 3 rings (SSSR count). The molecule has 0 unspecified atom stereocenters. The number of carbonyl (C=O) groups excluding carboxylic acids is 2. The molecule has 3 heterocycles. The monoisotopic (exact) mass is 502 g/mol. The van der Waals surface area contributed by atoms with Gasteiger partial charge in [-0.1, -0.05) is 54.4 Å². The third kappa shape index (κ3) is 6.10. The van der Waals surface area contributed by atoms with Crippen LogP contribution < -0.4 is 5.32 Å². The molecule has 202 valence electrons. The van der Waals surface area contributed by atoms with Crippen molar-refractivity contribution in [1.29, 1.82) is 0 Å². The van der Waals surface area contributed by atoms with Gasteiger partial charge in [-0.15, -0.1) is 0 Å². The number of epoxide rings is 1. The zero-order valence-electron chi connectivity index (χ0n) is 23.6. The number of aliphatic hydroxyl groups excluding tert-OH is 1. The third-order valence-electron chi connectivity index (χ3n) is 9.04. The van der Waals surface area contributed by atoms with E-state index < -0.39 is 11.5 Å². The van der Waals surface area contributed by atoms with E-state index in [0.29, 0.717) is 17.5 Å². The van der Waals surface area contributed by atoms with Gasteiger partial charge in [-0.2, -0.15) is 0 Å². The minimum Gasteiger partial charge on any atom is -0.449 e. The number of fused-ring (bicyclic) bond motifs is 1. The fourth-order valence-corrected chi connectivity index (χ4v) is 5.91. The van der Waals surface area contributed by atoms with E-state index in [0.717, 1.165) is 24.8 Å². The van der Waals surface area contributed by atoms with E-state index in [9.17, 15) is 14.7 Å². The fraction of sp³-hybridized carbons (Fsp3) is 0.759. The molecule has 0 bridgehead atoms. The summed E-state index contributed by atoms with van der Waals surface area (Å²) in [5, 5.41) is 14.2. The second-order valence-electron chi connectivity index (χ2n) is 12.3. The molecule has 1 amide bonds. The smallest absolute Gasteiger partial charge is 0.223 e. The third-order valence-corrected chi connectivity index (χ3v) is 9.04. The van der Waals surface area contributed by atoms with Crippen LogP contribution in [0.2, 0.25) is 0 Å². The van der Waals surface area contributed by atoms with Crippen LogP contribution in [-0.4, -0.2) is 45.6 Å². The van der Waals surface area contributed by atoms with Crippen molar-refractivity contribution in [2.45, 2.75) is 112 Å². The summed E-state index contributed by atoms with van der Waals surface area (Å²) in [4.78, 5) is 31.0. The highest BCUT2D eigenvalue weighted by Crippen LogP contribution is 2.47. The summed E-state index contributed by atoms with van der Waals surface area (Å²) in [6.45, 7) is 17.8. The molecule has 7 nitrogen and oxygen atoms in total. The van der Waals surface area contributed by atoms with E-state index in [4.69, 9.17) is 9.15 Å². The Kier molecular flexibility index (Phi) is 8.56. The van der Waals surface area contributed by atoms with Gasteiger partial charge in [0.15, 0.2) is 5.89 Å². The number of aryl methyl sites for hydroxylation is 1. The van der Waals surface area contributed by atoms with E-state index in [1.54, 1.807) is 27.0 Å². The van der Waals surface area contributed by atoms with Gasteiger partial charge in [-0.25, -0.2) is 4.98 Å². The number of hydrogen-bond donors (Lipinski definition) is 2. The predicted octanol–water partition coefficient (Wildman–Crippen LogP) is 5.10. The van der Waals surface area contributed by atoms with E-state index in [2.05, 4.69) is 38.0 Å². The van der Waals surface area contributed by atoms with Gasteiger partial charge >= 0.3 is 0 Å². The van der Waals surface area contributed by atoms with Crippen molar-refractivity contribution in [2.75, 3.05) is 0 Å². The lowest BCUT2D eigenvalue weighted by Gasteiger charge is -2.35. The normalized spacial score (nSPS) is 38.8. The molecule has 2 N–H and O–H groups in total. The first kappa shape index (κ1) is 28.6. The first-order valence-corrected chi connectivity index (χ1v) is 13.5. The molecule has 0 radical (unpaired) electrons. The lowest BCUT2D eigenvalue weighted by atomic mass is 9.70. The number of ketones is 1. The standard InChI is InChI=1S/C29H46N2O5/c1-16-11-10-12-29(9)27(36-29)20(5)25(17(2)13-22-15-35-21(6)30-22)31-24(33)14-23(32)28(7,8)26(34)19(4)18(16)3/h13,15-16,18-20,23,25,27,32H,10-12,14H2,1-9H3,(H,31,33)/b17-13+/t16-,18-,19+,20+,23-,25+,27-,29+/m0/s1. The molecule has 0 saturated carbocycles. The van der Waals surface area contributed by atoms with Crippen LogP contribution in [0.4, 0.5) is 0 Å². The number of amides is 1. The van der Waals surface area contributed by atoms with Crippen LogP contribution in [-0.2, 0) is 14.3 Å². The van der Waals surface area contributed by atoms with Gasteiger partial charge in [0.25, 0.3) is 0 Å². The van der Waals surface area contributed by atoms with Gasteiger partial charge in [0.05, 0.1) is 35.7 Å². The van der Waals surface area contributed by atoms with Crippen molar-refractivity contribution in [3.63, 3.8) is 0 Å². The van der Waals surface area contributed by atoms with Gasteiger partial charge in [0.2, 0.25) is 5.91 Å². The largest absolute Gasteiger partial charge is 0.449 e. The van der Waals surface area contributed by atoms with Gasteiger partial charge in [-0.05, 0) is 43.8 Å². The van der Waals surface area contributed by atoms with E-state index in [1.807, 2.05) is 19.9 Å². The number of oxazole rings is 1. The molecule has 0 aromatic carbocycles. The topological polar surface area (TPSA) is 105 Å². The lowest BCUT2D eigenvalue weighted by Crippen LogP contribution is -2.48. The predicted molar refractivity (Wildman–Crippen MR) is 140 cm³/mol. The van der Waals surface area contributed by atoms with E-state index in [1.165, 1.54) is 0 Å². The number of Topliss-reactive ketones (excluding diaryl/α,β-unsaturated/α-hetero) is 1. The minimum atomic E-state index is -1.08.